The first-order valence-corrected chi connectivity index (χ1v) is 6.63. The van der Waals surface area contributed by atoms with E-state index in [-0.39, 0.29) is 5.56 Å². The van der Waals surface area contributed by atoms with Gasteiger partial charge in [0, 0.05) is 18.9 Å². The van der Waals surface area contributed by atoms with Crippen LogP contribution in [-0.4, -0.2) is 19.1 Å². The SMILES string of the molecule is CCCn1cncc1Cn1c(C)ncc(Br)c1=O. The van der Waals surface area contributed by atoms with Crippen molar-refractivity contribution >= 4 is 15.9 Å². The fraction of sp³-hybridized carbons (Fsp3) is 0.417. The van der Waals surface area contributed by atoms with E-state index in [0.717, 1.165) is 18.7 Å². The summed E-state index contributed by atoms with van der Waals surface area (Å²) in [5.41, 5.74) is 0.952. The average molecular weight is 311 g/mol. The predicted molar refractivity (Wildman–Crippen MR) is 72.6 cm³/mol. The highest BCUT2D eigenvalue weighted by atomic mass is 79.9. The number of nitrogens with zero attached hydrogens (tertiary/aromatic N) is 4. The van der Waals surface area contributed by atoms with Gasteiger partial charge >= 0.3 is 0 Å². The Morgan fingerprint density at radius 2 is 2.17 bits per heavy atom. The van der Waals surface area contributed by atoms with Crippen LogP contribution in [0.4, 0.5) is 0 Å². The third-order valence-corrected chi connectivity index (χ3v) is 3.33. The molecule has 0 aliphatic carbocycles. The molecule has 0 unspecified atom stereocenters. The largest absolute Gasteiger partial charge is 0.333 e. The van der Waals surface area contributed by atoms with Crippen molar-refractivity contribution < 1.29 is 0 Å². The molecule has 18 heavy (non-hydrogen) atoms. The minimum atomic E-state index is -0.0632. The fourth-order valence-corrected chi connectivity index (χ4v) is 2.14. The van der Waals surface area contributed by atoms with Crippen LogP contribution in [0.5, 0.6) is 0 Å². The lowest BCUT2D eigenvalue weighted by molar-refractivity contribution is 0.602. The van der Waals surface area contributed by atoms with E-state index in [9.17, 15) is 4.79 Å². The lowest BCUT2D eigenvalue weighted by Crippen LogP contribution is -2.25. The molecule has 0 spiro atoms. The van der Waals surface area contributed by atoms with E-state index in [2.05, 4.69) is 37.4 Å². The first-order chi connectivity index (χ1) is 8.63. The van der Waals surface area contributed by atoms with Gasteiger partial charge in [0.25, 0.3) is 5.56 Å². The van der Waals surface area contributed by atoms with Crippen molar-refractivity contribution in [2.75, 3.05) is 0 Å². The monoisotopic (exact) mass is 310 g/mol. The van der Waals surface area contributed by atoms with Gasteiger partial charge in [0.15, 0.2) is 0 Å². The van der Waals surface area contributed by atoms with E-state index >= 15 is 0 Å². The molecule has 0 fully saturated rings. The van der Waals surface area contributed by atoms with Gasteiger partial charge in [0.1, 0.15) is 10.3 Å². The molecular formula is C12H15BrN4O. The molecular weight excluding hydrogens is 296 g/mol. The van der Waals surface area contributed by atoms with E-state index in [0.29, 0.717) is 16.8 Å². The Hall–Kier alpha value is -1.43. The van der Waals surface area contributed by atoms with Crippen molar-refractivity contribution in [2.45, 2.75) is 33.4 Å². The van der Waals surface area contributed by atoms with Gasteiger partial charge < -0.3 is 4.57 Å². The number of aromatic nitrogens is 4. The number of hydrogen-bond acceptors (Lipinski definition) is 3. The average Bonchev–Trinajstić information content (AvgIpc) is 2.78. The van der Waals surface area contributed by atoms with Crippen LogP contribution in [0.3, 0.4) is 0 Å². The second-order valence-electron chi connectivity index (χ2n) is 4.12. The zero-order chi connectivity index (χ0) is 13.1. The van der Waals surface area contributed by atoms with Crippen LogP contribution < -0.4 is 5.56 Å². The van der Waals surface area contributed by atoms with Crippen LogP contribution in [0.25, 0.3) is 0 Å². The number of halogens is 1. The lowest BCUT2D eigenvalue weighted by atomic mass is 10.4. The molecule has 0 aromatic carbocycles. The first-order valence-electron chi connectivity index (χ1n) is 5.84. The van der Waals surface area contributed by atoms with Crippen LogP contribution in [0.1, 0.15) is 24.9 Å². The van der Waals surface area contributed by atoms with Crippen LogP contribution in [0.15, 0.2) is 28.0 Å². The number of aryl methyl sites for hydroxylation is 2. The molecule has 2 aromatic heterocycles. The molecule has 0 bridgehead atoms. The highest BCUT2D eigenvalue weighted by molar-refractivity contribution is 9.10. The first kappa shape index (κ1) is 13.0. The summed E-state index contributed by atoms with van der Waals surface area (Å²) in [7, 11) is 0. The van der Waals surface area contributed by atoms with Crippen molar-refractivity contribution in [1.29, 1.82) is 0 Å². The standard InChI is InChI=1S/C12H15BrN4O/c1-3-4-16-8-14-5-10(16)7-17-9(2)15-6-11(13)12(17)18/h5-6,8H,3-4,7H2,1-2H3. The molecule has 0 aliphatic rings. The number of hydrogen-bond donors (Lipinski definition) is 0. The van der Waals surface area contributed by atoms with Gasteiger partial charge in [-0.05, 0) is 29.3 Å². The van der Waals surface area contributed by atoms with E-state index in [1.165, 1.54) is 6.20 Å². The van der Waals surface area contributed by atoms with Crippen molar-refractivity contribution in [2.24, 2.45) is 0 Å². The lowest BCUT2D eigenvalue weighted by Gasteiger charge is -2.11. The zero-order valence-corrected chi connectivity index (χ0v) is 12.0. The van der Waals surface area contributed by atoms with Crippen LogP contribution >= 0.6 is 15.9 Å². The Bertz CT molecular complexity index is 602. The summed E-state index contributed by atoms with van der Waals surface area (Å²) in [4.78, 5) is 20.3. The zero-order valence-electron chi connectivity index (χ0n) is 10.4. The molecule has 2 rings (SSSR count). The third kappa shape index (κ3) is 2.53. The van der Waals surface area contributed by atoms with E-state index in [1.807, 2.05) is 6.92 Å². The molecule has 0 radical (unpaired) electrons. The molecule has 0 amide bonds. The van der Waals surface area contributed by atoms with E-state index in [4.69, 9.17) is 0 Å². The number of rotatable bonds is 4. The topological polar surface area (TPSA) is 52.7 Å². The van der Waals surface area contributed by atoms with Crippen LogP contribution in [0.2, 0.25) is 0 Å². The van der Waals surface area contributed by atoms with Gasteiger partial charge in [-0.15, -0.1) is 0 Å². The van der Waals surface area contributed by atoms with Crippen molar-refractivity contribution in [3.8, 4) is 0 Å². The summed E-state index contributed by atoms with van der Waals surface area (Å²) in [6.45, 7) is 5.35. The van der Waals surface area contributed by atoms with Crippen molar-refractivity contribution in [3.63, 3.8) is 0 Å². The summed E-state index contributed by atoms with van der Waals surface area (Å²) in [6, 6.07) is 0. The van der Waals surface area contributed by atoms with Crippen molar-refractivity contribution in [1.82, 2.24) is 19.1 Å². The molecule has 2 aromatic rings. The van der Waals surface area contributed by atoms with Gasteiger partial charge in [0.2, 0.25) is 0 Å². The quantitative estimate of drug-likeness (QED) is 0.867. The summed E-state index contributed by atoms with van der Waals surface area (Å²) < 4.78 is 4.19. The normalized spacial score (nSPS) is 10.8. The second kappa shape index (κ2) is 5.48. The highest BCUT2D eigenvalue weighted by Gasteiger charge is 2.08. The molecule has 5 nitrogen and oxygen atoms in total. The maximum Gasteiger partial charge on any atom is 0.268 e. The fourth-order valence-electron chi connectivity index (χ4n) is 1.82. The molecule has 0 saturated carbocycles. The summed E-state index contributed by atoms with van der Waals surface area (Å²) in [6.07, 6.45) is 6.17. The minimum Gasteiger partial charge on any atom is -0.333 e. The Morgan fingerprint density at radius 3 is 2.89 bits per heavy atom. The molecule has 2 heterocycles. The van der Waals surface area contributed by atoms with Gasteiger partial charge in [0.05, 0.1) is 18.6 Å². The Kier molecular flexibility index (Phi) is 3.96. The molecule has 0 atom stereocenters. The van der Waals surface area contributed by atoms with E-state index < -0.39 is 0 Å². The minimum absolute atomic E-state index is 0.0632. The van der Waals surface area contributed by atoms with Crippen LogP contribution in [-0.2, 0) is 13.1 Å². The molecule has 0 saturated heterocycles. The maximum atomic E-state index is 12.0. The number of imidazole rings is 1. The molecule has 6 heteroatoms. The molecule has 96 valence electrons. The molecule has 0 N–H and O–H groups in total. The maximum absolute atomic E-state index is 12.0. The Labute approximate surface area is 114 Å². The Morgan fingerprint density at radius 1 is 1.39 bits per heavy atom. The molecule has 0 aliphatic heterocycles. The highest BCUT2D eigenvalue weighted by Crippen LogP contribution is 2.06. The Balaban J connectivity index is 2.37. The smallest absolute Gasteiger partial charge is 0.268 e. The summed E-state index contributed by atoms with van der Waals surface area (Å²) >= 11 is 3.22. The summed E-state index contributed by atoms with van der Waals surface area (Å²) in [5, 5.41) is 0. The van der Waals surface area contributed by atoms with Gasteiger partial charge in [-0.3, -0.25) is 9.36 Å². The van der Waals surface area contributed by atoms with Crippen molar-refractivity contribution in [3.05, 3.63) is 45.1 Å². The van der Waals surface area contributed by atoms with Gasteiger partial charge in [-0.25, -0.2) is 9.97 Å². The third-order valence-electron chi connectivity index (χ3n) is 2.79. The second-order valence-corrected chi connectivity index (χ2v) is 4.98. The summed E-state index contributed by atoms with van der Waals surface area (Å²) in [5.74, 6) is 0.701. The van der Waals surface area contributed by atoms with Gasteiger partial charge in [-0.1, -0.05) is 6.92 Å². The van der Waals surface area contributed by atoms with Crippen LogP contribution in [0, 0.1) is 6.92 Å². The van der Waals surface area contributed by atoms with E-state index in [1.54, 1.807) is 17.1 Å². The van der Waals surface area contributed by atoms with Gasteiger partial charge in [-0.2, -0.15) is 0 Å². The predicted octanol–water partition coefficient (Wildman–Crippen LogP) is 1.97.